The molecule has 2 aromatic rings. The van der Waals surface area contributed by atoms with Crippen molar-refractivity contribution in [3.8, 4) is 5.75 Å². The minimum Gasteiger partial charge on any atom is -0.406 e. The Balaban J connectivity index is 2.04. The molecule has 0 atom stereocenters. The molecular weight excluding hydrogens is 382 g/mol. The van der Waals surface area contributed by atoms with Crippen molar-refractivity contribution in [3.05, 3.63) is 58.3 Å². The fourth-order valence-electron chi connectivity index (χ4n) is 1.82. The molecule has 0 aromatic heterocycles. The molecule has 2 aromatic carbocycles. The standard InChI is InChI=1S/C15H10BrF4NO2/c16-10-4-5-13(12(17)8-10)21-14(22)7-9-2-1-3-11(6-9)23-15(18,19)20/h1-6,8H,7H2,(H,21,22). The summed E-state index contributed by atoms with van der Waals surface area (Å²) >= 11 is 3.09. The van der Waals surface area contributed by atoms with Crippen LogP contribution >= 0.6 is 15.9 Å². The van der Waals surface area contributed by atoms with E-state index in [4.69, 9.17) is 0 Å². The molecule has 0 saturated heterocycles. The Morgan fingerprint density at radius 2 is 1.91 bits per heavy atom. The van der Waals surface area contributed by atoms with Gasteiger partial charge in [-0.1, -0.05) is 28.1 Å². The normalized spacial score (nSPS) is 11.2. The highest BCUT2D eigenvalue weighted by atomic mass is 79.9. The third kappa shape index (κ3) is 5.55. The lowest BCUT2D eigenvalue weighted by molar-refractivity contribution is -0.274. The van der Waals surface area contributed by atoms with E-state index in [9.17, 15) is 22.4 Å². The van der Waals surface area contributed by atoms with Gasteiger partial charge in [0.1, 0.15) is 11.6 Å². The van der Waals surface area contributed by atoms with Crippen molar-refractivity contribution in [2.24, 2.45) is 0 Å². The van der Waals surface area contributed by atoms with Crippen LogP contribution < -0.4 is 10.1 Å². The summed E-state index contributed by atoms with van der Waals surface area (Å²) in [6, 6.07) is 9.16. The first-order chi connectivity index (χ1) is 10.7. The van der Waals surface area contributed by atoms with Crippen molar-refractivity contribution in [3.63, 3.8) is 0 Å². The maximum Gasteiger partial charge on any atom is 0.573 e. The first-order valence-corrected chi connectivity index (χ1v) is 7.12. The molecule has 0 heterocycles. The molecule has 23 heavy (non-hydrogen) atoms. The van der Waals surface area contributed by atoms with E-state index in [2.05, 4.69) is 26.0 Å². The molecule has 3 nitrogen and oxygen atoms in total. The lowest BCUT2D eigenvalue weighted by atomic mass is 10.1. The van der Waals surface area contributed by atoms with E-state index in [1.165, 1.54) is 24.3 Å². The van der Waals surface area contributed by atoms with Crippen molar-refractivity contribution in [1.29, 1.82) is 0 Å². The van der Waals surface area contributed by atoms with E-state index < -0.39 is 23.8 Å². The minimum atomic E-state index is -4.80. The zero-order valence-electron chi connectivity index (χ0n) is 11.5. The summed E-state index contributed by atoms with van der Waals surface area (Å²) in [4.78, 5) is 11.9. The van der Waals surface area contributed by atoms with E-state index in [1.807, 2.05) is 0 Å². The van der Waals surface area contributed by atoms with Gasteiger partial charge in [-0.05, 0) is 35.9 Å². The SMILES string of the molecule is O=C(Cc1cccc(OC(F)(F)F)c1)Nc1ccc(Br)cc1F. The number of amides is 1. The second kappa shape index (κ2) is 6.99. The highest BCUT2D eigenvalue weighted by Crippen LogP contribution is 2.24. The van der Waals surface area contributed by atoms with Crippen LogP contribution in [0.25, 0.3) is 0 Å². The lowest BCUT2D eigenvalue weighted by Crippen LogP contribution is -2.18. The maximum atomic E-state index is 13.6. The number of carbonyl (C=O) groups is 1. The molecule has 0 spiro atoms. The quantitative estimate of drug-likeness (QED) is 0.769. The topological polar surface area (TPSA) is 38.3 Å². The van der Waals surface area contributed by atoms with Gasteiger partial charge in [-0.15, -0.1) is 13.2 Å². The summed E-state index contributed by atoms with van der Waals surface area (Å²) in [6.45, 7) is 0. The smallest absolute Gasteiger partial charge is 0.406 e. The van der Waals surface area contributed by atoms with Gasteiger partial charge in [-0.2, -0.15) is 0 Å². The van der Waals surface area contributed by atoms with Crippen molar-refractivity contribution >= 4 is 27.5 Å². The number of carbonyl (C=O) groups excluding carboxylic acids is 1. The van der Waals surface area contributed by atoms with Crippen LogP contribution in [0.3, 0.4) is 0 Å². The van der Waals surface area contributed by atoms with Gasteiger partial charge in [0.25, 0.3) is 0 Å². The summed E-state index contributed by atoms with van der Waals surface area (Å²) in [5.41, 5.74) is 0.294. The molecule has 0 bridgehead atoms. The van der Waals surface area contributed by atoms with Gasteiger partial charge in [0, 0.05) is 4.47 Å². The van der Waals surface area contributed by atoms with Crippen LogP contribution in [0.15, 0.2) is 46.9 Å². The number of nitrogens with one attached hydrogen (secondary N) is 1. The highest BCUT2D eigenvalue weighted by molar-refractivity contribution is 9.10. The number of hydrogen-bond donors (Lipinski definition) is 1. The molecule has 0 aliphatic carbocycles. The molecule has 0 unspecified atom stereocenters. The van der Waals surface area contributed by atoms with Gasteiger partial charge in [0.15, 0.2) is 0 Å². The number of halogens is 5. The highest BCUT2D eigenvalue weighted by Gasteiger charge is 2.31. The van der Waals surface area contributed by atoms with E-state index in [-0.39, 0.29) is 12.1 Å². The summed E-state index contributed by atoms with van der Waals surface area (Å²) in [6.07, 6.45) is -5.02. The molecule has 122 valence electrons. The molecule has 1 N–H and O–H groups in total. The number of anilines is 1. The van der Waals surface area contributed by atoms with E-state index >= 15 is 0 Å². The number of alkyl halides is 3. The molecule has 0 aliphatic rings. The zero-order valence-corrected chi connectivity index (χ0v) is 13.0. The van der Waals surface area contributed by atoms with Crippen LogP contribution in [0.1, 0.15) is 5.56 Å². The molecule has 0 fully saturated rings. The van der Waals surface area contributed by atoms with Crippen molar-refractivity contribution in [1.82, 2.24) is 0 Å². The van der Waals surface area contributed by atoms with Gasteiger partial charge in [0.05, 0.1) is 12.1 Å². The first kappa shape index (κ1) is 17.3. The van der Waals surface area contributed by atoms with E-state index in [1.54, 1.807) is 6.07 Å². The summed E-state index contributed by atoms with van der Waals surface area (Å²) in [5.74, 6) is -1.60. The second-order valence-electron chi connectivity index (χ2n) is 4.54. The Morgan fingerprint density at radius 1 is 1.17 bits per heavy atom. The van der Waals surface area contributed by atoms with Crippen LogP contribution in [-0.2, 0) is 11.2 Å². The Morgan fingerprint density at radius 3 is 2.57 bits per heavy atom. The fraction of sp³-hybridized carbons (Fsp3) is 0.133. The van der Waals surface area contributed by atoms with Crippen LogP contribution in [0.4, 0.5) is 23.2 Å². The third-order valence-corrected chi connectivity index (χ3v) is 3.20. The predicted molar refractivity (Wildman–Crippen MR) is 79.6 cm³/mol. The number of hydrogen-bond acceptors (Lipinski definition) is 2. The fourth-order valence-corrected chi connectivity index (χ4v) is 2.16. The van der Waals surface area contributed by atoms with Crippen LogP contribution in [0.2, 0.25) is 0 Å². The molecule has 8 heteroatoms. The average Bonchev–Trinajstić information content (AvgIpc) is 2.40. The average molecular weight is 392 g/mol. The Kier molecular flexibility index (Phi) is 5.25. The van der Waals surface area contributed by atoms with Crippen molar-refractivity contribution < 1.29 is 27.1 Å². The number of ether oxygens (including phenoxy) is 1. The first-order valence-electron chi connectivity index (χ1n) is 6.32. The molecular formula is C15H10BrF4NO2. The summed E-state index contributed by atoms with van der Waals surface area (Å²) < 4.78 is 54.4. The molecule has 1 amide bonds. The van der Waals surface area contributed by atoms with Gasteiger partial charge in [-0.25, -0.2) is 4.39 Å². The number of rotatable bonds is 4. The molecule has 0 radical (unpaired) electrons. The largest absolute Gasteiger partial charge is 0.573 e. The molecule has 0 saturated carbocycles. The monoisotopic (exact) mass is 391 g/mol. The van der Waals surface area contributed by atoms with Gasteiger partial charge in [-0.3, -0.25) is 4.79 Å². The predicted octanol–water partition coefficient (Wildman–Crippen LogP) is 4.67. The van der Waals surface area contributed by atoms with Crippen molar-refractivity contribution in [2.45, 2.75) is 12.8 Å². The maximum absolute atomic E-state index is 13.6. The van der Waals surface area contributed by atoms with Gasteiger partial charge < -0.3 is 10.1 Å². The van der Waals surface area contributed by atoms with Crippen LogP contribution in [0, 0.1) is 5.82 Å². The van der Waals surface area contributed by atoms with E-state index in [0.717, 1.165) is 12.1 Å². The second-order valence-corrected chi connectivity index (χ2v) is 5.46. The molecule has 0 aliphatic heterocycles. The van der Waals surface area contributed by atoms with Gasteiger partial charge in [0.2, 0.25) is 5.91 Å². The summed E-state index contributed by atoms with van der Waals surface area (Å²) in [5, 5.41) is 2.36. The van der Waals surface area contributed by atoms with Crippen LogP contribution in [0.5, 0.6) is 5.75 Å². The minimum absolute atomic E-state index is 0.0131. The van der Waals surface area contributed by atoms with E-state index in [0.29, 0.717) is 10.0 Å². The zero-order chi connectivity index (χ0) is 17.0. The van der Waals surface area contributed by atoms with Crippen molar-refractivity contribution in [2.75, 3.05) is 5.32 Å². The number of benzene rings is 2. The third-order valence-electron chi connectivity index (χ3n) is 2.70. The Hall–Kier alpha value is -2.09. The van der Waals surface area contributed by atoms with Gasteiger partial charge >= 0.3 is 6.36 Å². The Labute approximate surface area is 137 Å². The Bertz CT molecular complexity index is 719. The van der Waals surface area contributed by atoms with Crippen LogP contribution in [-0.4, -0.2) is 12.3 Å². The molecule has 2 rings (SSSR count). The lowest BCUT2D eigenvalue weighted by Gasteiger charge is -2.10. The summed E-state index contributed by atoms with van der Waals surface area (Å²) in [7, 11) is 0.